The standard InChI is InChI=1S/C11H21NO3/c1-14-7-6-10(12)11(13)15-8-5-9-3-2-4-9/h9-10H,2-8,12H2,1H3. The van der Waals surface area contributed by atoms with E-state index in [9.17, 15) is 4.79 Å². The molecule has 0 bridgehead atoms. The van der Waals surface area contributed by atoms with E-state index in [-0.39, 0.29) is 5.97 Å². The van der Waals surface area contributed by atoms with Gasteiger partial charge in [0.25, 0.3) is 0 Å². The van der Waals surface area contributed by atoms with Crippen molar-refractivity contribution in [2.24, 2.45) is 11.7 Å². The molecule has 0 saturated heterocycles. The summed E-state index contributed by atoms with van der Waals surface area (Å²) in [6.45, 7) is 1.02. The largest absolute Gasteiger partial charge is 0.465 e. The van der Waals surface area contributed by atoms with Crippen LogP contribution in [0.1, 0.15) is 32.1 Å². The highest BCUT2D eigenvalue weighted by molar-refractivity contribution is 5.75. The minimum absolute atomic E-state index is 0.300. The van der Waals surface area contributed by atoms with Crippen molar-refractivity contribution in [2.75, 3.05) is 20.3 Å². The van der Waals surface area contributed by atoms with Crippen molar-refractivity contribution in [3.05, 3.63) is 0 Å². The van der Waals surface area contributed by atoms with Gasteiger partial charge in [-0.1, -0.05) is 19.3 Å². The number of ether oxygens (including phenoxy) is 2. The van der Waals surface area contributed by atoms with Gasteiger partial charge < -0.3 is 15.2 Å². The fourth-order valence-electron chi connectivity index (χ4n) is 1.58. The van der Waals surface area contributed by atoms with Crippen LogP contribution in [0.25, 0.3) is 0 Å². The number of carbonyl (C=O) groups is 1. The lowest BCUT2D eigenvalue weighted by Gasteiger charge is -2.25. The van der Waals surface area contributed by atoms with Gasteiger partial charge in [0.15, 0.2) is 0 Å². The third-order valence-corrected chi connectivity index (χ3v) is 2.93. The first kappa shape index (κ1) is 12.5. The molecule has 1 atom stereocenters. The molecule has 1 aliphatic rings. The molecule has 0 spiro atoms. The van der Waals surface area contributed by atoms with Gasteiger partial charge in [-0.25, -0.2) is 0 Å². The van der Waals surface area contributed by atoms with Crippen molar-refractivity contribution in [1.82, 2.24) is 0 Å². The molecule has 88 valence electrons. The van der Waals surface area contributed by atoms with Gasteiger partial charge in [0.1, 0.15) is 6.04 Å². The first-order valence-electron chi connectivity index (χ1n) is 5.65. The van der Waals surface area contributed by atoms with Crippen LogP contribution < -0.4 is 5.73 Å². The highest BCUT2D eigenvalue weighted by atomic mass is 16.5. The molecule has 1 unspecified atom stereocenters. The molecule has 0 amide bonds. The average Bonchev–Trinajstić information content (AvgIpc) is 2.17. The predicted octanol–water partition coefficient (Wildman–Crippen LogP) is 1.08. The van der Waals surface area contributed by atoms with E-state index < -0.39 is 6.04 Å². The highest BCUT2D eigenvalue weighted by Gasteiger charge is 2.19. The van der Waals surface area contributed by atoms with Crippen LogP contribution >= 0.6 is 0 Å². The molecule has 15 heavy (non-hydrogen) atoms. The van der Waals surface area contributed by atoms with Crippen molar-refractivity contribution in [1.29, 1.82) is 0 Å². The Labute approximate surface area is 91.1 Å². The van der Waals surface area contributed by atoms with Crippen molar-refractivity contribution in [2.45, 2.75) is 38.1 Å². The number of methoxy groups -OCH3 is 1. The first-order chi connectivity index (χ1) is 7.24. The second-order valence-corrected chi connectivity index (χ2v) is 4.14. The van der Waals surface area contributed by atoms with Crippen molar-refractivity contribution < 1.29 is 14.3 Å². The Bertz CT molecular complexity index is 192. The van der Waals surface area contributed by atoms with Crippen molar-refractivity contribution in [3.63, 3.8) is 0 Å². The van der Waals surface area contributed by atoms with Gasteiger partial charge in [0.2, 0.25) is 0 Å². The Kier molecular flexibility index (Phi) is 5.65. The molecule has 0 radical (unpaired) electrons. The lowest BCUT2D eigenvalue weighted by Crippen LogP contribution is -2.33. The molecule has 0 heterocycles. The molecular formula is C11H21NO3. The quantitative estimate of drug-likeness (QED) is 0.646. The Morgan fingerprint density at radius 1 is 1.47 bits per heavy atom. The normalized spacial score (nSPS) is 18.3. The number of esters is 1. The Morgan fingerprint density at radius 3 is 2.73 bits per heavy atom. The van der Waals surface area contributed by atoms with Crippen molar-refractivity contribution in [3.8, 4) is 0 Å². The summed E-state index contributed by atoms with van der Waals surface area (Å²) < 4.78 is 9.93. The molecule has 4 nitrogen and oxygen atoms in total. The van der Waals surface area contributed by atoms with E-state index in [1.165, 1.54) is 19.3 Å². The number of carbonyl (C=O) groups excluding carboxylic acids is 1. The summed E-state index contributed by atoms with van der Waals surface area (Å²) in [6.07, 6.45) is 5.41. The highest BCUT2D eigenvalue weighted by Crippen LogP contribution is 2.29. The molecule has 1 aliphatic carbocycles. The minimum Gasteiger partial charge on any atom is -0.465 e. The summed E-state index contributed by atoms with van der Waals surface area (Å²) in [5, 5.41) is 0. The van der Waals surface area contributed by atoms with E-state index in [2.05, 4.69) is 0 Å². The van der Waals surface area contributed by atoms with Crippen LogP contribution in [-0.2, 0) is 14.3 Å². The van der Waals surface area contributed by atoms with Crippen LogP contribution in [0.2, 0.25) is 0 Å². The van der Waals surface area contributed by atoms with Crippen LogP contribution in [-0.4, -0.2) is 32.3 Å². The Morgan fingerprint density at radius 2 is 2.20 bits per heavy atom. The molecule has 2 N–H and O–H groups in total. The predicted molar refractivity (Wildman–Crippen MR) is 57.4 cm³/mol. The number of hydrogen-bond acceptors (Lipinski definition) is 4. The van der Waals surface area contributed by atoms with E-state index in [1.807, 2.05) is 0 Å². The molecule has 0 aromatic heterocycles. The van der Waals surface area contributed by atoms with Crippen LogP contribution in [0.5, 0.6) is 0 Å². The third kappa shape index (κ3) is 4.62. The van der Waals surface area contributed by atoms with Gasteiger partial charge in [-0.3, -0.25) is 4.79 Å². The molecule has 1 fully saturated rings. The summed E-state index contributed by atoms with van der Waals surface area (Å²) in [4.78, 5) is 11.3. The number of nitrogens with two attached hydrogens (primary N) is 1. The van der Waals surface area contributed by atoms with E-state index in [0.717, 1.165) is 12.3 Å². The second kappa shape index (κ2) is 6.80. The minimum atomic E-state index is -0.536. The Balaban J connectivity index is 2.00. The smallest absolute Gasteiger partial charge is 0.322 e. The zero-order valence-corrected chi connectivity index (χ0v) is 9.41. The third-order valence-electron chi connectivity index (χ3n) is 2.93. The van der Waals surface area contributed by atoms with Gasteiger partial charge in [-0.15, -0.1) is 0 Å². The maximum atomic E-state index is 11.3. The fraction of sp³-hybridized carbons (Fsp3) is 0.909. The number of hydrogen-bond donors (Lipinski definition) is 1. The lowest BCUT2D eigenvalue weighted by molar-refractivity contribution is -0.146. The van der Waals surface area contributed by atoms with E-state index in [4.69, 9.17) is 15.2 Å². The van der Waals surface area contributed by atoms with Gasteiger partial charge in [0, 0.05) is 13.7 Å². The Hall–Kier alpha value is -0.610. The van der Waals surface area contributed by atoms with Crippen LogP contribution in [0.4, 0.5) is 0 Å². The molecule has 1 rings (SSSR count). The van der Waals surface area contributed by atoms with Gasteiger partial charge in [0.05, 0.1) is 6.61 Å². The lowest BCUT2D eigenvalue weighted by atomic mass is 9.83. The maximum Gasteiger partial charge on any atom is 0.322 e. The SMILES string of the molecule is COCCC(N)C(=O)OCCC1CCC1. The second-order valence-electron chi connectivity index (χ2n) is 4.14. The molecule has 0 aliphatic heterocycles. The maximum absolute atomic E-state index is 11.3. The number of rotatable bonds is 7. The summed E-state index contributed by atoms with van der Waals surface area (Å²) >= 11 is 0. The summed E-state index contributed by atoms with van der Waals surface area (Å²) in [5.41, 5.74) is 5.61. The van der Waals surface area contributed by atoms with Gasteiger partial charge >= 0.3 is 5.97 Å². The molecule has 0 aromatic rings. The van der Waals surface area contributed by atoms with Gasteiger partial charge in [-0.05, 0) is 18.8 Å². The van der Waals surface area contributed by atoms with Gasteiger partial charge in [-0.2, -0.15) is 0 Å². The zero-order valence-electron chi connectivity index (χ0n) is 9.41. The molecule has 0 aromatic carbocycles. The van der Waals surface area contributed by atoms with E-state index in [1.54, 1.807) is 7.11 Å². The van der Waals surface area contributed by atoms with Crippen LogP contribution in [0, 0.1) is 5.92 Å². The summed E-state index contributed by atoms with van der Waals surface area (Å²) in [5.74, 6) is 0.472. The van der Waals surface area contributed by atoms with E-state index >= 15 is 0 Å². The van der Waals surface area contributed by atoms with Crippen molar-refractivity contribution >= 4 is 5.97 Å². The first-order valence-corrected chi connectivity index (χ1v) is 5.65. The van der Waals surface area contributed by atoms with Crippen LogP contribution in [0.15, 0.2) is 0 Å². The molecular weight excluding hydrogens is 194 g/mol. The summed E-state index contributed by atoms with van der Waals surface area (Å²) in [7, 11) is 1.59. The molecule has 1 saturated carbocycles. The summed E-state index contributed by atoms with van der Waals surface area (Å²) in [6, 6.07) is -0.536. The zero-order chi connectivity index (χ0) is 11.1. The monoisotopic (exact) mass is 215 g/mol. The topological polar surface area (TPSA) is 61.5 Å². The fourth-order valence-corrected chi connectivity index (χ4v) is 1.58. The molecule has 4 heteroatoms. The van der Waals surface area contributed by atoms with E-state index in [0.29, 0.717) is 19.6 Å². The van der Waals surface area contributed by atoms with Crippen LogP contribution in [0.3, 0.4) is 0 Å². The average molecular weight is 215 g/mol.